The third kappa shape index (κ3) is 4.47. The standard InChI is InChI=1S/C23H25N3O3/c1-16(2)21-24-25-22(29-21)17-12-14-26(15-13-17)23(27)18-8-10-20(11-9-18)28-19-6-4-3-5-7-19/h3-11,16-17H,12-15H2,1-2H3. The Hall–Kier alpha value is -3.15. The average Bonchev–Trinajstić information content (AvgIpc) is 3.25. The lowest BCUT2D eigenvalue weighted by molar-refractivity contribution is 0.0706. The van der Waals surface area contributed by atoms with Crippen molar-refractivity contribution in [1.29, 1.82) is 0 Å². The smallest absolute Gasteiger partial charge is 0.253 e. The second-order valence-electron chi connectivity index (χ2n) is 7.64. The lowest BCUT2D eigenvalue weighted by Gasteiger charge is -2.30. The first-order valence-corrected chi connectivity index (χ1v) is 10.1. The minimum atomic E-state index is 0.0445. The van der Waals surface area contributed by atoms with Gasteiger partial charge < -0.3 is 14.1 Å². The number of piperidine rings is 1. The molecule has 3 aromatic rings. The van der Waals surface area contributed by atoms with Crippen LogP contribution >= 0.6 is 0 Å². The van der Waals surface area contributed by atoms with E-state index in [0.29, 0.717) is 36.2 Å². The first-order chi connectivity index (χ1) is 14.1. The van der Waals surface area contributed by atoms with Crippen LogP contribution in [0.1, 0.15) is 60.7 Å². The van der Waals surface area contributed by atoms with E-state index in [1.54, 1.807) is 0 Å². The van der Waals surface area contributed by atoms with E-state index in [-0.39, 0.29) is 17.7 Å². The van der Waals surface area contributed by atoms with Crippen LogP contribution in [-0.2, 0) is 0 Å². The van der Waals surface area contributed by atoms with Gasteiger partial charge >= 0.3 is 0 Å². The maximum atomic E-state index is 12.8. The van der Waals surface area contributed by atoms with E-state index in [4.69, 9.17) is 9.15 Å². The lowest BCUT2D eigenvalue weighted by atomic mass is 9.96. The molecule has 6 nitrogen and oxygen atoms in total. The van der Waals surface area contributed by atoms with Crippen LogP contribution < -0.4 is 4.74 Å². The largest absolute Gasteiger partial charge is 0.457 e. The molecule has 1 aliphatic heterocycles. The molecule has 2 heterocycles. The van der Waals surface area contributed by atoms with Crippen molar-refractivity contribution >= 4 is 5.91 Å². The fraction of sp³-hybridized carbons (Fsp3) is 0.348. The molecular weight excluding hydrogens is 366 g/mol. The second-order valence-corrected chi connectivity index (χ2v) is 7.64. The minimum absolute atomic E-state index is 0.0445. The normalized spacial score (nSPS) is 14.9. The van der Waals surface area contributed by atoms with Gasteiger partial charge in [-0.15, -0.1) is 10.2 Å². The van der Waals surface area contributed by atoms with E-state index in [2.05, 4.69) is 10.2 Å². The number of benzene rings is 2. The second kappa shape index (κ2) is 8.47. The summed E-state index contributed by atoms with van der Waals surface area (Å²) in [5.74, 6) is 3.36. The first kappa shape index (κ1) is 19.2. The zero-order valence-electron chi connectivity index (χ0n) is 16.7. The topological polar surface area (TPSA) is 68.5 Å². The number of carbonyl (C=O) groups is 1. The van der Waals surface area contributed by atoms with Gasteiger partial charge in [0.2, 0.25) is 11.8 Å². The van der Waals surface area contributed by atoms with Crippen LogP contribution in [0, 0.1) is 0 Å². The molecule has 1 saturated heterocycles. The number of para-hydroxylation sites is 1. The van der Waals surface area contributed by atoms with Crippen LogP contribution in [-0.4, -0.2) is 34.1 Å². The zero-order valence-corrected chi connectivity index (χ0v) is 16.7. The molecule has 2 aromatic carbocycles. The van der Waals surface area contributed by atoms with Gasteiger partial charge in [-0.3, -0.25) is 4.79 Å². The highest BCUT2D eigenvalue weighted by atomic mass is 16.5. The van der Waals surface area contributed by atoms with Gasteiger partial charge in [0.15, 0.2) is 0 Å². The minimum Gasteiger partial charge on any atom is -0.457 e. The van der Waals surface area contributed by atoms with Gasteiger partial charge in [0.1, 0.15) is 11.5 Å². The van der Waals surface area contributed by atoms with Gasteiger partial charge in [0, 0.05) is 30.5 Å². The highest BCUT2D eigenvalue weighted by Crippen LogP contribution is 2.29. The van der Waals surface area contributed by atoms with E-state index in [1.807, 2.05) is 73.3 Å². The molecule has 1 amide bonds. The van der Waals surface area contributed by atoms with Gasteiger partial charge in [-0.05, 0) is 49.2 Å². The number of nitrogens with zero attached hydrogens (tertiary/aromatic N) is 3. The van der Waals surface area contributed by atoms with Crippen LogP contribution in [0.4, 0.5) is 0 Å². The van der Waals surface area contributed by atoms with Crippen molar-refractivity contribution in [2.24, 2.45) is 0 Å². The molecule has 1 fully saturated rings. The van der Waals surface area contributed by atoms with Gasteiger partial charge in [0.25, 0.3) is 5.91 Å². The summed E-state index contributed by atoms with van der Waals surface area (Å²) >= 11 is 0. The van der Waals surface area contributed by atoms with Crippen molar-refractivity contribution in [3.05, 3.63) is 71.9 Å². The predicted molar refractivity (Wildman–Crippen MR) is 109 cm³/mol. The molecule has 150 valence electrons. The summed E-state index contributed by atoms with van der Waals surface area (Å²) in [5, 5.41) is 8.32. The van der Waals surface area contributed by atoms with Crippen LogP contribution in [0.3, 0.4) is 0 Å². The highest BCUT2D eigenvalue weighted by molar-refractivity contribution is 5.94. The van der Waals surface area contributed by atoms with Crippen molar-refractivity contribution in [2.75, 3.05) is 13.1 Å². The number of carbonyl (C=O) groups excluding carboxylic acids is 1. The van der Waals surface area contributed by atoms with Crippen LogP contribution in [0.25, 0.3) is 0 Å². The fourth-order valence-corrected chi connectivity index (χ4v) is 3.45. The Morgan fingerprint density at radius 2 is 1.66 bits per heavy atom. The summed E-state index contributed by atoms with van der Waals surface area (Å²) < 4.78 is 11.6. The molecule has 0 spiro atoms. The predicted octanol–water partition coefficient (Wildman–Crippen LogP) is 5.01. The van der Waals surface area contributed by atoms with E-state index in [9.17, 15) is 4.79 Å². The lowest BCUT2D eigenvalue weighted by Crippen LogP contribution is -2.38. The molecule has 0 atom stereocenters. The molecule has 0 unspecified atom stereocenters. The highest BCUT2D eigenvalue weighted by Gasteiger charge is 2.28. The van der Waals surface area contributed by atoms with E-state index in [0.717, 1.165) is 18.6 Å². The van der Waals surface area contributed by atoms with Gasteiger partial charge in [-0.2, -0.15) is 0 Å². The van der Waals surface area contributed by atoms with E-state index < -0.39 is 0 Å². The molecule has 0 aliphatic carbocycles. The number of hydrogen-bond donors (Lipinski definition) is 0. The SMILES string of the molecule is CC(C)c1nnc(C2CCN(C(=O)c3ccc(Oc4ccccc4)cc3)CC2)o1. The third-order valence-electron chi connectivity index (χ3n) is 5.16. The van der Waals surface area contributed by atoms with Crippen molar-refractivity contribution in [2.45, 2.75) is 38.5 Å². The average molecular weight is 391 g/mol. The van der Waals surface area contributed by atoms with Crippen LogP contribution in [0.2, 0.25) is 0 Å². The number of hydrogen-bond acceptors (Lipinski definition) is 5. The number of likely N-dealkylation sites (tertiary alicyclic amines) is 1. The maximum Gasteiger partial charge on any atom is 0.253 e. The Balaban J connectivity index is 1.34. The Morgan fingerprint density at radius 3 is 2.28 bits per heavy atom. The van der Waals surface area contributed by atoms with E-state index in [1.165, 1.54) is 0 Å². The summed E-state index contributed by atoms with van der Waals surface area (Å²) in [7, 11) is 0. The molecule has 29 heavy (non-hydrogen) atoms. The third-order valence-corrected chi connectivity index (χ3v) is 5.16. The molecule has 1 aromatic heterocycles. The van der Waals surface area contributed by atoms with Crippen LogP contribution in [0.15, 0.2) is 59.0 Å². The van der Waals surface area contributed by atoms with Crippen molar-refractivity contribution in [3.63, 3.8) is 0 Å². The van der Waals surface area contributed by atoms with Crippen LogP contribution in [0.5, 0.6) is 11.5 Å². The molecule has 4 rings (SSSR count). The Kier molecular flexibility index (Phi) is 5.60. The maximum absolute atomic E-state index is 12.8. The van der Waals surface area contributed by atoms with Crippen molar-refractivity contribution in [1.82, 2.24) is 15.1 Å². The monoisotopic (exact) mass is 391 g/mol. The van der Waals surface area contributed by atoms with E-state index >= 15 is 0 Å². The Labute approximate surface area is 170 Å². The summed E-state index contributed by atoms with van der Waals surface area (Å²) in [6.07, 6.45) is 1.67. The molecule has 6 heteroatoms. The number of amides is 1. The Bertz CT molecular complexity index is 943. The zero-order chi connectivity index (χ0) is 20.2. The molecule has 1 aliphatic rings. The Morgan fingerprint density at radius 1 is 1.00 bits per heavy atom. The van der Waals surface area contributed by atoms with Gasteiger partial charge in [-0.25, -0.2) is 0 Å². The molecule has 0 N–H and O–H groups in total. The molecule has 0 saturated carbocycles. The summed E-state index contributed by atoms with van der Waals surface area (Å²) in [5.41, 5.74) is 0.670. The quantitative estimate of drug-likeness (QED) is 0.612. The van der Waals surface area contributed by atoms with Gasteiger partial charge in [0.05, 0.1) is 0 Å². The molecular formula is C23H25N3O3. The number of aromatic nitrogens is 2. The summed E-state index contributed by atoms with van der Waals surface area (Å²) in [6.45, 7) is 5.44. The molecule has 0 bridgehead atoms. The molecule has 0 radical (unpaired) electrons. The first-order valence-electron chi connectivity index (χ1n) is 10.1. The van der Waals surface area contributed by atoms with Crippen molar-refractivity contribution < 1.29 is 13.9 Å². The van der Waals surface area contributed by atoms with Gasteiger partial charge in [-0.1, -0.05) is 32.0 Å². The summed E-state index contributed by atoms with van der Waals surface area (Å²) in [6, 6.07) is 16.9. The number of rotatable bonds is 5. The van der Waals surface area contributed by atoms with Crippen molar-refractivity contribution in [3.8, 4) is 11.5 Å². The summed E-state index contributed by atoms with van der Waals surface area (Å²) in [4.78, 5) is 14.7. The number of ether oxygens (including phenoxy) is 1. The fourth-order valence-electron chi connectivity index (χ4n) is 3.45.